The lowest BCUT2D eigenvalue weighted by atomic mass is 10.3. The average Bonchev–Trinajstić information content (AvgIpc) is 2.69. The molecule has 0 bridgehead atoms. The smallest absolute Gasteiger partial charge is 0.214 e. The molecule has 6 heteroatoms. The Morgan fingerprint density at radius 3 is 2.80 bits per heavy atom. The Kier molecular flexibility index (Phi) is 4.98. The van der Waals surface area contributed by atoms with Crippen LogP contribution in [0.1, 0.15) is 12.8 Å². The second kappa shape index (κ2) is 5.79. The van der Waals surface area contributed by atoms with Crippen LogP contribution in [0.5, 0.6) is 0 Å². The van der Waals surface area contributed by atoms with Gasteiger partial charge in [0.1, 0.15) is 0 Å². The Morgan fingerprint density at radius 2 is 2.27 bits per heavy atom. The first-order valence-electron chi connectivity index (χ1n) is 5.23. The summed E-state index contributed by atoms with van der Waals surface area (Å²) in [6.07, 6.45) is 1.46. The number of hydrogen-bond acceptors (Lipinski definition) is 4. The van der Waals surface area contributed by atoms with Gasteiger partial charge in [-0.1, -0.05) is 0 Å². The van der Waals surface area contributed by atoms with Gasteiger partial charge in [-0.15, -0.1) is 0 Å². The van der Waals surface area contributed by atoms with Crippen molar-refractivity contribution in [2.24, 2.45) is 0 Å². The molecular formula is C9H20N2O3S. The van der Waals surface area contributed by atoms with Crippen molar-refractivity contribution >= 4 is 10.0 Å². The van der Waals surface area contributed by atoms with Crippen LogP contribution in [0.15, 0.2) is 0 Å². The molecule has 1 atom stereocenters. The molecule has 0 aromatic rings. The maximum Gasteiger partial charge on any atom is 0.214 e. The largest absolute Gasteiger partial charge is 0.385 e. The Labute approximate surface area is 91.8 Å². The van der Waals surface area contributed by atoms with Crippen molar-refractivity contribution < 1.29 is 13.2 Å². The molecule has 1 heterocycles. The summed E-state index contributed by atoms with van der Waals surface area (Å²) in [6, 6.07) is 0.123. The zero-order valence-corrected chi connectivity index (χ0v) is 10.2. The molecule has 0 aromatic heterocycles. The number of ether oxygens (including phenoxy) is 1. The maximum atomic E-state index is 11.8. The van der Waals surface area contributed by atoms with Crippen molar-refractivity contribution in [3.63, 3.8) is 0 Å². The lowest BCUT2D eigenvalue weighted by molar-refractivity contribution is 0.199. The molecule has 15 heavy (non-hydrogen) atoms. The summed E-state index contributed by atoms with van der Waals surface area (Å²) in [4.78, 5) is 0. The summed E-state index contributed by atoms with van der Waals surface area (Å²) in [7, 11) is 0.144. The van der Waals surface area contributed by atoms with Crippen LogP contribution >= 0.6 is 0 Å². The van der Waals surface area contributed by atoms with Gasteiger partial charge in [0.15, 0.2) is 0 Å². The average molecular weight is 236 g/mol. The molecule has 0 radical (unpaired) electrons. The second-order valence-electron chi connectivity index (χ2n) is 3.83. The summed E-state index contributed by atoms with van der Waals surface area (Å²) in [5, 5.41) is 3.16. The van der Waals surface area contributed by atoms with E-state index in [1.807, 2.05) is 0 Å². The van der Waals surface area contributed by atoms with E-state index in [4.69, 9.17) is 4.74 Å². The van der Waals surface area contributed by atoms with Gasteiger partial charge in [0.25, 0.3) is 0 Å². The minimum Gasteiger partial charge on any atom is -0.385 e. The van der Waals surface area contributed by atoms with E-state index in [-0.39, 0.29) is 11.8 Å². The van der Waals surface area contributed by atoms with Crippen molar-refractivity contribution in [2.75, 3.05) is 39.6 Å². The molecule has 0 amide bonds. The second-order valence-corrected chi connectivity index (χ2v) is 5.97. The van der Waals surface area contributed by atoms with Crippen molar-refractivity contribution in [3.05, 3.63) is 0 Å². The lowest BCUT2D eigenvalue weighted by Gasteiger charge is -2.22. The SMILES string of the molecule is COCCCS(=O)(=O)N(C)C1CCNC1. The van der Waals surface area contributed by atoms with Crippen LogP contribution in [-0.2, 0) is 14.8 Å². The van der Waals surface area contributed by atoms with E-state index >= 15 is 0 Å². The van der Waals surface area contributed by atoms with Crippen molar-refractivity contribution in [3.8, 4) is 0 Å². The fraction of sp³-hybridized carbons (Fsp3) is 1.00. The Morgan fingerprint density at radius 1 is 1.53 bits per heavy atom. The van der Waals surface area contributed by atoms with Crippen LogP contribution in [0.25, 0.3) is 0 Å². The van der Waals surface area contributed by atoms with Gasteiger partial charge in [0, 0.05) is 33.4 Å². The minimum atomic E-state index is -3.10. The van der Waals surface area contributed by atoms with Gasteiger partial charge < -0.3 is 10.1 Å². The van der Waals surface area contributed by atoms with Gasteiger partial charge in [0.05, 0.1) is 5.75 Å². The van der Waals surface area contributed by atoms with E-state index in [0.717, 1.165) is 19.5 Å². The minimum absolute atomic E-state index is 0.123. The molecule has 1 rings (SSSR count). The van der Waals surface area contributed by atoms with Crippen molar-refractivity contribution in [2.45, 2.75) is 18.9 Å². The predicted molar refractivity (Wildman–Crippen MR) is 59.3 cm³/mol. The summed E-state index contributed by atoms with van der Waals surface area (Å²) in [5.74, 6) is 0.174. The highest BCUT2D eigenvalue weighted by Gasteiger charge is 2.27. The zero-order valence-electron chi connectivity index (χ0n) is 9.40. The third-order valence-electron chi connectivity index (χ3n) is 2.74. The number of nitrogens with zero attached hydrogens (tertiary/aromatic N) is 1. The summed E-state index contributed by atoms with van der Waals surface area (Å²) >= 11 is 0. The van der Waals surface area contributed by atoms with E-state index in [1.54, 1.807) is 14.2 Å². The molecule has 5 nitrogen and oxygen atoms in total. The monoisotopic (exact) mass is 236 g/mol. The number of hydrogen-bond donors (Lipinski definition) is 1. The molecule has 0 spiro atoms. The molecule has 1 aliphatic rings. The van der Waals surface area contributed by atoms with E-state index in [9.17, 15) is 8.42 Å². The summed E-state index contributed by atoms with van der Waals surface area (Å²) < 4.78 is 30.0. The third kappa shape index (κ3) is 3.71. The molecule has 0 aromatic carbocycles. The molecule has 1 unspecified atom stereocenters. The summed E-state index contributed by atoms with van der Waals surface area (Å²) in [5.41, 5.74) is 0. The Hall–Kier alpha value is -0.170. The number of methoxy groups -OCH3 is 1. The normalized spacial score (nSPS) is 22.5. The van der Waals surface area contributed by atoms with Gasteiger partial charge in [-0.2, -0.15) is 0 Å². The fourth-order valence-electron chi connectivity index (χ4n) is 1.71. The highest BCUT2D eigenvalue weighted by Crippen LogP contribution is 2.11. The molecule has 0 aliphatic carbocycles. The first-order chi connectivity index (χ1) is 7.08. The van der Waals surface area contributed by atoms with E-state index < -0.39 is 10.0 Å². The van der Waals surface area contributed by atoms with Gasteiger partial charge >= 0.3 is 0 Å². The van der Waals surface area contributed by atoms with Gasteiger partial charge in [0.2, 0.25) is 10.0 Å². The van der Waals surface area contributed by atoms with E-state index in [0.29, 0.717) is 13.0 Å². The van der Waals surface area contributed by atoms with Crippen LogP contribution in [0.3, 0.4) is 0 Å². The predicted octanol–water partition coefficient (Wildman–Crippen LogP) is -0.354. The Bertz CT molecular complexity index is 273. The number of nitrogens with one attached hydrogen (secondary N) is 1. The molecule has 1 fully saturated rings. The van der Waals surface area contributed by atoms with Crippen LogP contribution in [-0.4, -0.2) is 58.4 Å². The quantitative estimate of drug-likeness (QED) is 0.640. The van der Waals surface area contributed by atoms with Crippen molar-refractivity contribution in [1.29, 1.82) is 0 Å². The molecule has 90 valence electrons. The summed E-state index contributed by atoms with van der Waals surface area (Å²) in [6.45, 7) is 2.17. The maximum absolute atomic E-state index is 11.8. The van der Waals surface area contributed by atoms with Crippen LogP contribution < -0.4 is 5.32 Å². The van der Waals surface area contributed by atoms with E-state index in [2.05, 4.69) is 5.32 Å². The van der Waals surface area contributed by atoms with Gasteiger partial charge in [-0.25, -0.2) is 12.7 Å². The standard InChI is InChI=1S/C9H20N2O3S/c1-11(9-4-5-10-8-9)15(12,13)7-3-6-14-2/h9-10H,3-8H2,1-2H3. The van der Waals surface area contributed by atoms with Crippen molar-refractivity contribution in [1.82, 2.24) is 9.62 Å². The molecule has 1 aliphatic heterocycles. The van der Waals surface area contributed by atoms with E-state index in [1.165, 1.54) is 4.31 Å². The Balaban J connectivity index is 2.44. The third-order valence-corrected chi connectivity index (χ3v) is 4.72. The molecule has 1 N–H and O–H groups in total. The van der Waals surface area contributed by atoms with Crippen LogP contribution in [0.4, 0.5) is 0 Å². The fourth-order valence-corrected chi connectivity index (χ4v) is 3.11. The van der Waals surface area contributed by atoms with Gasteiger partial charge in [-0.3, -0.25) is 0 Å². The first-order valence-corrected chi connectivity index (χ1v) is 6.84. The molecular weight excluding hydrogens is 216 g/mol. The number of sulfonamides is 1. The van der Waals surface area contributed by atoms with Crippen LogP contribution in [0, 0.1) is 0 Å². The zero-order chi connectivity index (χ0) is 11.3. The highest BCUT2D eigenvalue weighted by molar-refractivity contribution is 7.89. The van der Waals surface area contributed by atoms with Crippen LogP contribution in [0.2, 0.25) is 0 Å². The topological polar surface area (TPSA) is 58.6 Å². The highest BCUT2D eigenvalue weighted by atomic mass is 32.2. The molecule has 0 saturated carbocycles. The first kappa shape index (κ1) is 12.9. The number of rotatable bonds is 6. The lowest BCUT2D eigenvalue weighted by Crippen LogP contribution is -2.39. The van der Waals surface area contributed by atoms with Gasteiger partial charge in [-0.05, 0) is 19.4 Å². The molecule has 1 saturated heterocycles. The number of likely N-dealkylation sites (N-methyl/N-ethyl adjacent to an activating group) is 1.